The lowest BCUT2D eigenvalue weighted by Gasteiger charge is -2.34. The number of hydrogen-bond donors (Lipinski definition) is 0. The van der Waals surface area contributed by atoms with Crippen molar-refractivity contribution in [2.45, 2.75) is 6.92 Å². The van der Waals surface area contributed by atoms with E-state index >= 15 is 0 Å². The Morgan fingerprint density at radius 2 is 1.70 bits per heavy atom. The fourth-order valence-electron chi connectivity index (χ4n) is 3.10. The summed E-state index contributed by atoms with van der Waals surface area (Å²) >= 11 is 0. The number of benzene rings is 2. The van der Waals surface area contributed by atoms with Crippen molar-refractivity contribution in [3.63, 3.8) is 0 Å². The standard InChI is InChI=1S/C20H19N3O4/c1-14-21-17-8-7-15(13-18(17)26-14)19(24)22-9-11-23(12-10-22)20(25)27-16-5-3-2-4-6-16/h2-8,13H,9-12H2,1H3. The molecule has 0 N–H and O–H groups in total. The summed E-state index contributed by atoms with van der Waals surface area (Å²) in [5.41, 5.74) is 1.89. The third-order valence-corrected chi connectivity index (χ3v) is 4.52. The van der Waals surface area contributed by atoms with Crippen LogP contribution >= 0.6 is 0 Å². The average molecular weight is 365 g/mol. The van der Waals surface area contributed by atoms with E-state index in [0.29, 0.717) is 49.0 Å². The van der Waals surface area contributed by atoms with Gasteiger partial charge in [-0.25, -0.2) is 9.78 Å². The Kier molecular flexibility index (Phi) is 4.50. The van der Waals surface area contributed by atoms with E-state index in [0.717, 1.165) is 5.52 Å². The molecule has 2 heterocycles. The summed E-state index contributed by atoms with van der Waals surface area (Å²) < 4.78 is 10.8. The van der Waals surface area contributed by atoms with Gasteiger partial charge in [0.2, 0.25) is 0 Å². The van der Waals surface area contributed by atoms with E-state index < -0.39 is 6.09 Å². The van der Waals surface area contributed by atoms with Crippen LogP contribution in [0.3, 0.4) is 0 Å². The number of para-hydroxylation sites is 1. The molecule has 0 spiro atoms. The Balaban J connectivity index is 1.37. The first-order valence-electron chi connectivity index (χ1n) is 8.78. The van der Waals surface area contributed by atoms with Crippen molar-refractivity contribution in [3.8, 4) is 5.75 Å². The van der Waals surface area contributed by atoms with Crippen molar-refractivity contribution in [3.05, 3.63) is 60.0 Å². The van der Waals surface area contributed by atoms with Crippen molar-refractivity contribution >= 4 is 23.1 Å². The summed E-state index contributed by atoms with van der Waals surface area (Å²) in [6.07, 6.45) is -0.396. The second-order valence-corrected chi connectivity index (χ2v) is 6.38. The highest BCUT2D eigenvalue weighted by Gasteiger charge is 2.26. The predicted molar refractivity (Wildman–Crippen MR) is 98.7 cm³/mol. The van der Waals surface area contributed by atoms with Crippen molar-refractivity contribution in [2.24, 2.45) is 0 Å². The number of oxazole rings is 1. The van der Waals surface area contributed by atoms with E-state index in [2.05, 4.69) is 4.98 Å². The Bertz CT molecular complexity index is 975. The molecule has 1 saturated heterocycles. The van der Waals surface area contributed by atoms with Gasteiger partial charge in [-0.15, -0.1) is 0 Å². The Morgan fingerprint density at radius 1 is 1.00 bits per heavy atom. The van der Waals surface area contributed by atoms with E-state index in [1.54, 1.807) is 47.1 Å². The molecule has 3 aromatic rings. The van der Waals surface area contributed by atoms with E-state index in [9.17, 15) is 9.59 Å². The molecule has 0 radical (unpaired) electrons. The van der Waals surface area contributed by atoms with Crippen molar-refractivity contribution in [1.29, 1.82) is 0 Å². The van der Waals surface area contributed by atoms with Crippen LogP contribution in [0.1, 0.15) is 16.2 Å². The number of fused-ring (bicyclic) bond motifs is 1. The van der Waals surface area contributed by atoms with E-state index in [4.69, 9.17) is 9.15 Å². The van der Waals surface area contributed by atoms with Gasteiger partial charge in [0, 0.05) is 38.7 Å². The first kappa shape index (κ1) is 17.1. The molecule has 0 bridgehead atoms. The molecule has 1 aliphatic rings. The number of hydrogen-bond acceptors (Lipinski definition) is 5. The summed E-state index contributed by atoms with van der Waals surface area (Å²) in [7, 11) is 0. The maximum Gasteiger partial charge on any atom is 0.415 e. The molecule has 0 atom stereocenters. The van der Waals surface area contributed by atoms with E-state index in [1.165, 1.54) is 0 Å². The lowest BCUT2D eigenvalue weighted by Crippen LogP contribution is -2.51. The number of nitrogens with zero attached hydrogens (tertiary/aromatic N) is 3. The number of aromatic nitrogens is 1. The minimum Gasteiger partial charge on any atom is -0.441 e. The van der Waals surface area contributed by atoms with Crippen LogP contribution < -0.4 is 4.74 Å². The Hall–Kier alpha value is -3.35. The summed E-state index contributed by atoms with van der Waals surface area (Å²) in [5, 5.41) is 0. The molecular weight excluding hydrogens is 346 g/mol. The number of rotatable bonds is 2. The molecule has 138 valence electrons. The van der Waals surface area contributed by atoms with Crippen molar-refractivity contribution in [1.82, 2.24) is 14.8 Å². The van der Waals surface area contributed by atoms with Gasteiger partial charge in [-0.2, -0.15) is 0 Å². The van der Waals surface area contributed by atoms with Crippen LogP contribution in [0.25, 0.3) is 11.1 Å². The second-order valence-electron chi connectivity index (χ2n) is 6.38. The molecule has 0 aliphatic carbocycles. The number of ether oxygens (including phenoxy) is 1. The summed E-state index contributed by atoms with van der Waals surface area (Å²) in [6, 6.07) is 14.2. The molecule has 1 aliphatic heterocycles. The number of carbonyl (C=O) groups excluding carboxylic acids is 2. The smallest absolute Gasteiger partial charge is 0.415 e. The summed E-state index contributed by atoms with van der Waals surface area (Å²) in [6.45, 7) is 3.55. The van der Waals surface area contributed by atoms with Crippen LogP contribution in [0.2, 0.25) is 0 Å². The van der Waals surface area contributed by atoms with Gasteiger partial charge in [-0.1, -0.05) is 18.2 Å². The van der Waals surface area contributed by atoms with Crippen LogP contribution in [0, 0.1) is 6.92 Å². The molecule has 7 heteroatoms. The quantitative estimate of drug-likeness (QED) is 0.697. The maximum atomic E-state index is 12.7. The molecule has 2 amide bonds. The monoisotopic (exact) mass is 365 g/mol. The third kappa shape index (κ3) is 3.62. The lowest BCUT2D eigenvalue weighted by atomic mass is 10.1. The number of carbonyl (C=O) groups is 2. The molecule has 4 rings (SSSR count). The normalized spacial score (nSPS) is 14.4. The molecule has 27 heavy (non-hydrogen) atoms. The molecule has 0 unspecified atom stereocenters. The SMILES string of the molecule is Cc1nc2ccc(C(=O)N3CCN(C(=O)Oc4ccccc4)CC3)cc2o1. The largest absolute Gasteiger partial charge is 0.441 e. The van der Waals surface area contributed by atoms with E-state index in [-0.39, 0.29) is 5.91 Å². The molecule has 0 saturated carbocycles. The maximum absolute atomic E-state index is 12.7. The topological polar surface area (TPSA) is 75.9 Å². The second kappa shape index (κ2) is 7.11. The van der Waals surface area contributed by atoms with Gasteiger partial charge < -0.3 is 19.0 Å². The van der Waals surface area contributed by atoms with Crippen LogP contribution in [0.4, 0.5) is 4.79 Å². The summed E-state index contributed by atoms with van der Waals surface area (Å²) in [4.78, 5) is 32.6. The Morgan fingerprint density at radius 3 is 2.44 bits per heavy atom. The van der Waals surface area contributed by atoms with Gasteiger partial charge in [-0.05, 0) is 30.3 Å². The summed E-state index contributed by atoms with van der Waals surface area (Å²) in [5.74, 6) is 0.999. The molecule has 1 aromatic heterocycles. The molecule has 2 aromatic carbocycles. The zero-order valence-corrected chi connectivity index (χ0v) is 14.9. The van der Waals surface area contributed by atoms with E-state index in [1.807, 2.05) is 18.2 Å². The van der Waals surface area contributed by atoms with Gasteiger partial charge in [0.25, 0.3) is 5.91 Å². The van der Waals surface area contributed by atoms with Crippen molar-refractivity contribution < 1.29 is 18.7 Å². The third-order valence-electron chi connectivity index (χ3n) is 4.52. The number of aryl methyl sites for hydroxylation is 1. The van der Waals surface area contributed by atoms with Gasteiger partial charge in [0.15, 0.2) is 11.5 Å². The zero-order valence-electron chi connectivity index (χ0n) is 14.9. The zero-order chi connectivity index (χ0) is 18.8. The molecule has 7 nitrogen and oxygen atoms in total. The predicted octanol–water partition coefficient (Wildman–Crippen LogP) is 3.09. The first-order valence-corrected chi connectivity index (χ1v) is 8.78. The Labute approximate surface area is 156 Å². The molecular formula is C20H19N3O4. The number of amides is 2. The fourth-order valence-corrected chi connectivity index (χ4v) is 3.10. The minimum absolute atomic E-state index is 0.0815. The van der Waals surface area contributed by atoms with Gasteiger partial charge in [0.05, 0.1) is 0 Å². The molecule has 1 fully saturated rings. The average Bonchev–Trinajstić information content (AvgIpc) is 3.07. The number of piperazine rings is 1. The van der Waals surface area contributed by atoms with Crippen LogP contribution in [0.15, 0.2) is 52.9 Å². The van der Waals surface area contributed by atoms with Gasteiger partial charge in [0.1, 0.15) is 11.3 Å². The van der Waals surface area contributed by atoms with Crippen molar-refractivity contribution in [2.75, 3.05) is 26.2 Å². The highest BCUT2D eigenvalue weighted by atomic mass is 16.6. The van der Waals surface area contributed by atoms with Crippen LogP contribution in [0.5, 0.6) is 5.75 Å². The first-order chi connectivity index (χ1) is 13.1. The minimum atomic E-state index is -0.396. The highest BCUT2D eigenvalue weighted by Crippen LogP contribution is 2.19. The highest BCUT2D eigenvalue weighted by molar-refractivity contribution is 5.97. The van der Waals surface area contributed by atoms with Crippen LogP contribution in [-0.4, -0.2) is 53.0 Å². The van der Waals surface area contributed by atoms with Gasteiger partial charge in [-0.3, -0.25) is 4.79 Å². The fraction of sp³-hybridized carbons (Fsp3) is 0.250. The van der Waals surface area contributed by atoms with Crippen LogP contribution in [-0.2, 0) is 0 Å². The lowest BCUT2D eigenvalue weighted by molar-refractivity contribution is 0.0633. The van der Waals surface area contributed by atoms with Gasteiger partial charge >= 0.3 is 6.09 Å².